The third kappa shape index (κ3) is 5.06. The molecule has 0 heterocycles. The van der Waals surface area contributed by atoms with E-state index in [9.17, 15) is 4.79 Å². The first-order chi connectivity index (χ1) is 17.7. The second kappa shape index (κ2) is 10.8. The van der Waals surface area contributed by atoms with E-state index in [2.05, 4.69) is 41.4 Å². The van der Waals surface area contributed by atoms with Crippen LogP contribution in [0, 0.1) is 11.8 Å². The van der Waals surface area contributed by atoms with Gasteiger partial charge >= 0.3 is 0 Å². The van der Waals surface area contributed by atoms with E-state index < -0.39 is 5.41 Å². The third-order valence-corrected chi connectivity index (χ3v) is 6.52. The summed E-state index contributed by atoms with van der Waals surface area (Å²) in [6.45, 7) is 0. The smallest absolute Gasteiger partial charge is 0.247 e. The monoisotopic (exact) mass is 465 g/mol. The molecular formula is C34H27NO. The average Bonchev–Trinajstić information content (AvgIpc) is 2.95. The molecule has 1 N–H and O–H groups in total. The van der Waals surface area contributed by atoms with E-state index in [0.717, 1.165) is 34.0 Å². The van der Waals surface area contributed by atoms with E-state index in [1.54, 1.807) is 0 Å². The minimum Gasteiger partial charge on any atom is -0.324 e. The van der Waals surface area contributed by atoms with Gasteiger partial charge in [0.15, 0.2) is 0 Å². The van der Waals surface area contributed by atoms with Crippen molar-refractivity contribution in [3.63, 3.8) is 0 Å². The molecule has 0 aliphatic carbocycles. The summed E-state index contributed by atoms with van der Waals surface area (Å²) in [7, 11) is 0. The van der Waals surface area contributed by atoms with Gasteiger partial charge in [0.2, 0.25) is 5.91 Å². The first-order valence-electron chi connectivity index (χ1n) is 12.2. The Labute approximate surface area is 212 Å². The number of benzene rings is 5. The molecule has 0 aromatic heterocycles. The van der Waals surface area contributed by atoms with Gasteiger partial charge in [0.05, 0.1) is 0 Å². The van der Waals surface area contributed by atoms with Crippen LogP contribution in [0.3, 0.4) is 0 Å². The number of nitrogens with one attached hydrogen (secondary N) is 1. The Balaban J connectivity index is 1.61. The molecule has 36 heavy (non-hydrogen) atoms. The number of carbonyl (C=O) groups excluding carboxylic acids is 1. The maximum Gasteiger partial charge on any atom is 0.247 e. The van der Waals surface area contributed by atoms with Gasteiger partial charge in [0, 0.05) is 16.6 Å². The van der Waals surface area contributed by atoms with Gasteiger partial charge < -0.3 is 5.32 Å². The van der Waals surface area contributed by atoms with Crippen molar-refractivity contribution in [1.82, 2.24) is 0 Å². The van der Waals surface area contributed by atoms with Gasteiger partial charge in [-0.25, -0.2) is 0 Å². The highest BCUT2D eigenvalue weighted by Gasteiger charge is 2.38. The molecule has 0 fully saturated rings. The summed E-state index contributed by atoms with van der Waals surface area (Å²) in [5, 5.41) is 5.35. The summed E-state index contributed by atoms with van der Waals surface area (Å²) in [6.07, 6.45) is 1.28. The van der Waals surface area contributed by atoms with E-state index in [1.165, 1.54) is 5.56 Å². The van der Waals surface area contributed by atoms with Crippen LogP contribution in [-0.2, 0) is 16.6 Å². The summed E-state index contributed by atoms with van der Waals surface area (Å²) in [5.41, 5.74) is 2.71. The van der Waals surface area contributed by atoms with E-state index in [-0.39, 0.29) is 5.91 Å². The van der Waals surface area contributed by atoms with Crippen LogP contribution >= 0.6 is 0 Å². The van der Waals surface area contributed by atoms with Crippen molar-refractivity contribution in [3.05, 3.63) is 150 Å². The number of aryl methyl sites for hydroxylation is 1. The number of hydrogen-bond acceptors (Lipinski definition) is 1. The van der Waals surface area contributed by atoms with Crippen LogP contribution < -0.4 is 5.32 Å². The van der Waals surface area contributed by atoms with E-state index in [1.807, 2.05) is 109 Å². The molecule has 1 amide bonds. The number of amides is 1. The fourth-order valence-electron chi connectivity index (χ4n) is 4.54. The lowest BCUT2D eigenvalue weighted by Gasteiger charge is -2.29. The first kappa shape index (κ1) is 23.1. The van der Waals surface area contributed by atoms with Crippen molar-refractivity contribution in [3.8, 4) is 11.8 Å². The average molecular weight is 466 g/mol. The highest BCUT2D eigenvalue weighted by Crippen LogP contribution is 2.33. The molecule has 5 rings (SSSR count). The van der Waals surface area contributed by atoms with Gasteiger partial charge in [-0.2, -0.15) is 0 Å². The van der Waals surface area contributed by atoms with Gasteiger partial charge in [-0.15, -0.1) is 0 Å². The van der Waals surface area contributed by atoms with Gasteiger partial charge in [-0.3, -0.25) is 4.79 Å². The predicted molar refractivity (Wildman–Crippen MR) is 149 cm³/mol. The van der Waals surface area contributed by atoms with E-state index >= 15 is 0 Å². The van der Waals surface area contributed by atoms with E-state index in [0.29, 0.717) is 6.42 Å². The molecule has 5 aromatic rings. The predicted octanol–water partition coefficient (Wildman–Crippen LogP) is 7.40. The molecule has 0 radical (unpaired) electrons. The number of rotatable bonds is 6. The Kier molecular flexibility index (Phi) is 6.92. The zero-order valence-electron chi connectivity index (χ0n) is 20.0. The maximum atomic E-state index is 14.3. The zero-order chi connectivity index (χ0) is 24.6. The molecule has 1 atom stereocenters. The molecule has 0 aliphatic rings. The Bertz CT molecular complexity index is 1510. The highest BCUT2D eigenvalue weighted by molar-refractivity contribution is 6.07. The quantitative estimate of drug-likeness (QED) is 0.260. The fraction of sp³-hybridized carbons (Fsp3) is 0.0882. The lowest BCUT2D eigenvalue weighted by molar-refractivity contribution is -0.119. The summed E-state index contributed by atoms with van der Waals surface area (Å²) in [5.74, 6) is 6.63. The first-order valence-corrected chi connectivity index (χ1v) is 12.2. The molecular weight excluding hydrogens is 438 g/mol. The number of carbonyl (C=O) groups is 1. The molecule has 0 saturated heterocycles. The van der Waals surface area contributed by atoms with Crippen LogP contribution in [0.15, 0.2) is 133 Å². The van der Waals surface area contributed by atoms with Crippen molar-refractivity contribution < 1.29 is 4.79 Å². The van der Waals surface area contributed by atoms with Crippen LogP contribution in [-0.4, -0.2) is 5.91 Å². The van der Waals surface area contributed by atoms with Crippen LogP contribution in [0.1, 0.15) is 23.1 Å². The lowest BCUT2D eigenvalue weighted by atomic mass is 9.75. The van der Waals surface area contributed by atoms with Crippen LogP contribution in [0.25, 0.3) is 10.8 Å². The molecule has 0 unspecified atom stereocenters. The Morgan fingerprint density at radius 3 is 2.03 bits per heavy atom. The SMILES string of the molecule is O=C(Nc1cccc2ccccc12)[C@@](C#Cc1ccccc1)(CCc1ccccc1)c1ccccc1. The zero-order valence-corrected chi connectivity index (χ0v) is 20.0. The van der Waals surface area contributed by atoms with E-state index in [4.69, 9.17) is 0 Å². The second-order valence-electron chi connectivity index (χ2n) is 8.85. The second-order valence-corrected chi connectivity index (χ2v) is 8.85. The standard InChI is InChI=1S/C34H27NO/c36-33(35-32-22-12-18-29-17-10-11-21-31(29)32)34(30-19-8-3-9-20-30,25-23-27-13-4-1-5-14-27)26-24-28-15-6-2-7-16-28/h1-22H,23,25H2,(H,35,36)/t34-/m1/s1. The van der Waals surface area contributed by atoms with Gasteiger partial charge in [0.1, 0.15) is 5.41 Å². The topological polar surface area (TPSA) is 29.1 Å². The van der Waals surface area contributed by atoms with Crippen LogP contribution in [0.4, 0.5) is 5.69 Å². The maximum absolute atomic E-state index is 14.3. The Hall–Kier alpha value is -4.61. The summed E-state index contributed by atoms with van der Waals surface area (Å²) >= 11 is 0. The van der Waals surface area contributed by atoms with Crippen molar-refractivity contribution >= 4 is 22.4 Å². The molecule has 5 aromatic carbocycles. The normalized spacial score (nSPS) is 12.2. The highest BCUT2D eigenvalue weighted by atomic mass is 16.2. The fourth-order valence-corrected chi connectivity index (χ4v) is 4.54. The number of anilines is 1. The largest absolute Gasteiger partial charge is 0.324 e. The molecule has 2 heteroatoms. The van der Waals surface area contributed by atoms with Crippen molar-refractivity contribution in [2.45, 2.75) is 18.3 Å². The van der Waals surface area contributed by atoms with Gasteiger partial charge in [0.25, 0.3) is 0 Å². The Morgan fingerprint density at radius 2 is 1.28 bits per heavy atom. The minimum atomic E-state index is -1.04. The molecule has 0 spiro atoms. The van der Waals surface area contributed by atoms with Gasteiger partial charge in [-0.1, -0.05) is 127 Å². The summed E-state index contributed by atoms with van der Waals surface area (Å²) in [6, 6.07) is 44.1. The molecule has 0 aliphatic heterocycles. The van der Waals surface area contributed by atoms with Crippen molar-refractivity contribution in [1.29, 1.82) is 0 Å². The summed E-state index contributed by atoms with van der Waals surface area (Å²) < 4.78 is 0. The lowest BCUT2D eigenvalue weighted by Crippen LogP contribution is -2.40. The van der Waals surface area contributed by atoms with Crippen LogP contribution in [0.2, 0.25) is 0 Å². The van der Waals surface area contributed by atoms with Crippen molar-refractivity contribution in [2.75, 3.05) is 5.32 Å². The van der Waals surface area contributed by atoms with Crippen molar-refractivity contribution in [2.24, 2.45) is 0 Å². The molecule has 0 saturated carbocycles. The molecule has 2 nitrogen and oxygen atoms in total. The minimum absolute atomic E-state index is 0.121. The number of hydrogen-bond donors (Lipinski definition) is 1. The van der Waals surface area contributed by atoms with Crippen LogP contribution in [0.5, 0.6) is 0 Å². The molecule has 0 bridgehead atoms. The van der Waals surface area contributed by atoms with Gasteiger partial charge in [-0.05, 0) is 47.6 Å². The third-order valence-electron chi connectivity index (χ3n) is 6.52. The summed E-state index contributed by atoms with van der Waals surface area (Å²) in [4.78, 5) is 14.3. The number of fused-ring (bicyclic) bond motifs is 1. The molecule has 174 valence electrons. The Morgan fingerprint density at radius 1 is 0.667 bits per heavy atom.